The van der Waals surface area contributed by atoms with Crippen molar-refractivity contribution in [1.29, 1.82) is 0 Å². The van der Waals surface area contributed by atoms with E-state index in [1.165, 1.54) is 12.5 Å². The third-order valence-corrected chi connectivity index (χ3v) is 4.05. The molecule has 1 fully saturated rings. The van der Waals surface area contributed by atoms with Crippen molar-refractivity contribution in [2.75, 3.05) is 0 Å². The fourth-order valence-corrected chi connectivity index (χ4v) is 2.75. The molecule has 5 nitrogen and oxygen atoms in total. The molecule has 0 bridgehead atoms. The standard InChI is InChI=1S/C16H22N2O3/c1-11-5-2-3-8-14(11)18-16(21)17-10-12-6-4-7-13(9-12)15(19)20/h4,6-7,9,11,14H,2-3,5,8,10H2,1H3,(H,19,20)(H2,17,18,21). The number of benzene rings is 1. The van der Waals surface area contributed by atoms with Crippen LogP contribution in [0.4, 0.5) is 4.79 Å². The molecule has 0 heterocycles. The van der Waals surface area contributed by atoms with Gasteiger partial charge >= 0.3 is 12.0 Å². The molecule has 2 unspecified atom stereocenters. The fraction of sp³-hybridized carbons (Fsp3) is 0.500. The summed E-state index contributed by atoms with van der Waals surface area (Å²) in [5.74, 6) is -0.447. The number of carboxylic acid groups (broad SMARTS) is 1. The molecule has 0 spiro atoms. The molecule has 2 amide bonds. The molecule has 21 heavy (non-hydrogen) atoms. The van der Waals surface area contributed by atoms with E-state index in [2.05, 4.69) is 17.6 Å². The van der Waals surface area contributed by atoms with Crippen molar-refractivity contribution in [3.8, 4) is 0 Å². The van der Waals surface area contributed by atoms with Gasteiger partial charge < -0.3 is 15.7 Å². The average molecular weight is 290 g/mol. The van der Waals surface area contributed by atoms with Crippen LogP contribution >= 0.6 is 0 Å². The summed E-state index contributed by atoms with van der Waals surface area (Å²) in [4.78, 5) is 22.8. The van der Waals surface area contributed by atoms with Gasteiger partial charge in [0.15, 0.2) is 0 Å². The number of carbonyl (C=O) groups is 2. The smallest absolute Gasteiger partial charge is 0.335 e. The van der Waals surface area contributed by atoms with Crippen LogP contribution in [0.25, 0.3) is 0 Å². The molecule has 0 saturated heterocycles. The maximum atomic E-state index is 11.9. The van der Waals surface area contributed by atoms with E-state index in [1.807, 2.05) is 0 Å². The van der Waals surface area contributed by atoms with Gasteiger partial charge in [-0.3, -0.25) is 0 Å². The van der Waals surface area contributed by atoms with Gasteiger partial charge in [0.05, 0.1) is 5.56 Å². The third kappa shape index (κ3) is 4.48. The van der Waals surface area contributed by atoms with Crippen LogP contribution in [-0.2, 0) is 6.54 Å². The lowest BCUT2D eigenvalue weighted by atomic mass is 9.86. The molecule has 0 radical (unpaired) electrons. The largest absolute Gasteiger partial charge is 0.478 e. The minimum absolute atomic E-state index is 0.186. The topological polar surface area (TPSA) is 78.4 Å². The lowest BCUT2D eigenvalue weighted by Crippen LogP contribution is -2.45. The quantitative estimate of drug-likeness (QED) is 0.798. The van der Waals surface area contributed by atoms with Crippen LogP contribution in [0.2, 0.25) is 0 Å². The lowest BCUT2D eigenvalue weighted by Gasteiger charge is -2.29. The Bertz CT molecular complexity index is 516. The van der Waals surface area contributed by atoms with Crippen LogP contribution in [0.5, 0.6) is 0 Å². The fourth-order valence-electron chi connectivity index (χ4n) is 2.75. The van der Waals surface area contributed by atoms with Crippen molar-refractivity contribution < 1.29 is 14.7 Å². The molecule has 5 heteroatoms. The van der Waals surface area contributed by atoms with Crippen molar-refractivity contribution in [3.05, 3.63) is 35.4 Å². The Morgan fingerprint density at radius 1 is 1.29 bits per heavy atom. The number of aromatic carboxylic acids is 1. The van der Waals surface area contributed by atoms with Crippen LogP contribution in [0.1, 0.15) is 48.5 Å². The summed E-state index contributed by atoms with van der Waals surface area (Å²) in [6.45, 7) is 2.49. The number of carboxylic acids is 1. The van der Waals surface area contributed by atoms with Gasteiger partial charge in [-0.2, -0.15) is 0 Å². The van der Waals surface area contributed by atoms with Crippen LogP contribution in [-0.4, -0.2) is 23.1 Å². The second kappa shape index (κ2) is 7.11. The summed E-state index contributed by atoms with van der Waals surface area (Å²) in [6, 6.07) is 6.65. The number of urea groups is 1. The van der Waals surface area contributed by atoms with Gasteiger partial charge in [0.25, 0.3) is 0 Å². The minimum atomic E-state index is -0.961. The number of amides is 2. The molecule has 2 atom stereocenters. The van der Waals surface area contributed by atoms with Gasteiger partial charge in [0, 0.05) is 12.6 Å². The van der Waals surface area contributed by atoms with E-state index in [9.17, 15) is 9.59 Å². The van der Waals surface area contributed by atoms with Crippen molar-refractivity contribution in [2.45, 2.75) is 45.2 Å². The molecule has 0 aliphatic heterocycles. The van der Waals surface area contributed by atoms with Gasteiger partial charge in [-0.1, -0.05) is 31.9 Å². The molecule has 1 saturated carbocycles. The molecular weight excluding hydrogens is 268 g/mol. The second-order valence-corrected chi connectivity index (χ2v) is 5.70. The molecule has 2 rings (SSSR count). The van der Waals surface area contributed by atoms with Gasteiger partial charge in [-0.25, -0.2) is 9.59 Å². The number of hydrogen-bond donors (Lipinski definition) is 3. The Morgan fingerprint density at radius 2 is 2.05 bits per heavy atom. The predicted molar refractivity (Wildman–Crippen MR) is 80.2 cm³/mol. The second-order valence-electron chi connectivity index (χ2n) is 5.70. The van der Waals surface area contributed by atoms with Gasteiger partial charge in [0.1, 0.15) is 0 Å². The highest BCUT2D eigenvalue weighted by atomic mass is 16.4. The lowest BCUT2D eigenvalue weighted by molar-refractivity contribution is 0.0696. The van der Waals surface area contributed by atoms with E-state index < -0.39 is 5.97 Å². The van der Waals surface area contributed by atoms with Gasteiger partial charge in [-0.05, 0) is 36.5 Å². The summed E-state index contributed by atoms with van der Waals surface area (Å²) in [5, 5.41) is 14.7. The highest BCUT2D eigenvalue weighted by Crippen LogP contribution is 2.23. The number of hydrogen-bond acceptors (Lipinski definition) is 2. The minimum Gasteiger partial charge on any atom is -0.478 e. The molecule has 0 aromatic heterocycles. The zero-order valence-electron chi connectivity index (χ0n) is 12.3. The Kier molecular flexibility index (Phi) is 5.20. The summed E-state index contributed by atoms with van der Waals surface area (Å²) >= 11 is 0. The monoisotopic (exact) mass is 290 g/mol. The van der Waals surface area contributed by atoms with Crippen molar-refractivity contribution in [2.24, 2.45) is 5.92 Å². The highest BCUT2D eigenvalue weighted by Gasteiger charge is 2.22. The predicted octanol–water partition coefficient (Wildman–Crippen LogP) is 2.76. The molecule has 1 aliphatic rings. The summed E-state index contributed by atoms with van der Waals surface area (Å²) in [5.41, 5.74) is 1.01. The normalized spacial score (nSPS) is 21.6. The molecule has 1 aromatic rings. The van der Waals surface area contributed by atoms with Crippen LogP contribution < -0.4 is 10.6 Å². The van der Waals surface area contributed by atoms with Crippen LogP contribution in [0.3, 0.4) is 0 Å². The van der Waals surface area contributed by atoms with Crippen LogP contribution in [0.15, 0.2) is 24.3 Å². The number of rotatable bonds is 4. The zero-order valence-corrected chi connectivity index (χ0v) is 12.3. The van der Waals surface area contributed by atoms with E-state index >= 15 is 0 Å². The number of carbonyl (C=O) groups excluding carboxylic acids is 1. The van der Waals surface area contributed by atoms with E-state index in [1.54, 1.807) is 18.2 Å². The zero-order chi connectivity index (χ0) is 15.2. The van der Waals surface area contributed by atoms with Gasteiger partial charge in [0.2, 0.25) is 0 Å². The van der Waals surface area contributed by atoms with Crippen molar-refractivity contribution in [3.63, 3.8) is 0 Å². The van der Waals surface area contributed by atoms with Crippen molar-refractivity contribution >= 4 is 12.0 Å². The highest BCUT2D eigenvalue weighted by molar-refractivity contribution is 5.87. The first-order chi connectivity index (χ1) is 10.1. The summed E-state index contributed by atoms with van der Waals surface area (Å²) in [6.07, 6.45) is 4.59. The SMILES string of the molecule is CC1CCCCC1NC(=O)NCc1cccc(C(=O)O)c1. The Hall–Kier alpha value is -2.04. The molecular formula is C16H22N2O3. The molecule has 114 valence electrons. The van der Waals surface area contributed by atoms with E-state index in [0.717, 1.165) is 24.8 Å². The molecule has 1 aromatic carbocycles. The van der Waals surface area contributed by atoms with E-state index in [-0.39, 0.29) is 17.6 Å². The van der Waals surface area contributed by atoms with Crippen LogP contribution in [0, 0.1) is 5.92 Å². The van der Waals surface area contributed by atoms with Crippen molar-refractivity contribution in [1.82, 2.24) is 10.6 Å². The van der Waals surface area contributed by atoms with E-state index in [4.69, 9.17) is 5.11 Å². The maximum Gasteiger partial charge on any atom is 0.335 e. The molecule has 1 aliphatic carbocycles. The maximum absolute atomic E-state index is 11.9. The average Bonchev–Trinajstić information content (AvgIpc) is 2.48. The first-order valence-corrected chi connectivity index (χ1v) is 7.43. The Morgan fingerprint density at radius 3 is 2.76 bits per heavy atom. The first kappa shape index (κ1) is 15.4. The van der Waals surface area contributed by atoms with Gasteiger partial charge in [-0.15, -0.1) is 0 Å². The van der Waals surface area contributed by atoms with E-state index in [0.29, 0.717) is 12.5 Å². The first-order valence-electron chi connectivity index (χ1n) is 7.43. The summed E-state index contributed by atoms with van der Waals surface area (Å²) in [7, 11) is 0. The third-order valence-electron chi connectivity index (χ3n) is 4.05. The summed E-state index contributed by atoms with van der Waals surface area (Å²) < 4.78 is 0. The Labute approximate surface area is 124 Å². The Balaban J connectivity index is 1.83. The molecule has 3 N–H and O–H groups in total. The number of nitrogens with one attached hydrogen (secondary N) is 2.